The van der Waals surface area contributed by atoms with E-state index < -0.39 is 0 Å². The molecule has 0 radical (unpaired) electrons. The third-order valence-electron chi connectivity index (χ3n) is 4.27. The molecule has 0 atom stereocenters. The summed E-state index contributed by atoms with van der Waals surface area (Å²) in [5.74, 6) is 0.889. The van der Waals surface area contributed by atoms with E-state index in [-0.39, 0.29) is 11.4 Å². The maximum atomic E-state index is 5.93. The van der Waals surface area contributed by atoms with Gasteiger partial charge in [0.25, 0.3) is 0 Å². The van der Waals surface area contributed by atoms with Crippen LogP contribution in [0.3, 0.4) is 0 Å². The number of hydrogen-bond acceptors (Lipinski definition) is 4. The van der Waals surface area contributed by atoms with Crippen molar-refractivity contribution in [3.63, 3.8) is 0 Å². The van der Waals surface area contributed by atoms with Crippen molar-refractivity contribution in [3.8, 4) is 0 Å². The molecule has 1 aromatic heterocycles. The van der Waals surface area contributed by atoms with E-state index in [0.29, 0.717) is 11.0 Å². The number of nitrogens with zero attached hydrogens (tertiary/aromatic N) is 2. The summed E-state index contributed by atoms with van der Waals surface area (Å²) in [4.78, 5) is 8.07. The summed E-state index contributed by atoms with van der Waals surface area (Å²) >= 11 is 5.93. The van der Waals surface area contributed by atoms with Crippen molar-refractivity contribution in [2.45, 2.75) is 31.1 Å². The van der Waals surface area contributed by atoms with E-state index in [9.17, 15) is 0 Å². The molecule has 21 heavy (non-hydrogen) atoms. The smallest absolute Gasteiger partial charge is 0.223 e. The van der Waals surface area contributed by atoms with Gasteiger partial charge in [-0.2, -0.15) is 4.98 Å². The zero-order chi connectivity index (χ0) is 14.7. The van der Waals surface area contributed by atoms with Gasteiger partial charge in [0, 0.05) is 18.0 Å². The van der Waals surface area contributed by atoms with Crippen molar-refractivity contribution < 1.29 is 0 Å². The van der Waals surface area contributed by atoms with E-state index in [1.54, 1.807) is 6.07 Å². The van der Waals surface area contributed by atoms with Crippen molar-refractivity contribution in [1.82, 2.24) is 9.97 Å². The van der Waals surface area contributed by atoms with Gasteiger partial charge in [0.05, 0.1) is 0 Å². The third kappa shape index (κ3) is 3.10. The van der Waals surface area contributed by atoms with E-state index in [1.807, 2.05) is 0 Å². The molecule has 1 saturated carbocycles. The standard InChI is InChI=1S/C16H19ClN4/c17-13-10-14(21-15(18)20-13)19-11-16(8-4-5-9-16)12-6-2-1-3-7-12/h1-3,6-7,10H,4-5,8-9,11H2,(H3,18,19,20,21). The molecule has 3 N–H and O–H groups in total. The van der Waals surface area contributed by atoms with Crippen LogP contribution in [-0.2, 0) is 5.41 Å². The Morgan fingerprint density at radius 3 is 2.52 bits per heavy atom. The lowest BCUT2D eigenvalue weighted by Gasteiger charge is -2.30. The number of nitrogen functional groups attached to an aromatic ring is 1. The van der Waals surface area contributed by atoms with Gasteiger partial charge in [-0.25, -0.2) is 4.98 Å². The number of nitrogens with two attached hydrogens (primary N) is 1. The molecule has 1 aliphatic rings. The Kier molecular flexibility index (Phi) is 3.97. The highest BCUT2D eigenvalue weighted by molar-refractivity contribution is 6.29. The van der Waals surface area contributed by atoms with Crippen molar-refractivity contribution in [1.29, 1.82) is 0 Å². The van der Waals surface area contributed by atoms with Crippen LogP contribution in [0.1, 0.15) is 31.2 Å². The predicted molar refractivity (Wildman–Crippen MR) is 86.5 cm³/mol. The van der Waals surface area contributed by atoms with Gasteiger partial charge in [0.1, 0.15) is 11.0 Å². The summed E-state index contributed by atoms with van der Waals surface area (Å²) < 4.78 is 0. The molecule has 5 heteroatoms. The molecule has 0 spiro atoms. The molecule has 0 bridgehead atoms. The number of halogens is 1. The number of anilines is 2. The van der Waals surface area contributed by atoms with Gasteiger partial charge in [-0.15, -0.1) is 0 Å². The minimum atomic E-state index is 0.174. The molecule has 4 nitrogen and oxygen atoms in total. The van der Waals surface area contributed by atoms with Crippen molar-refractivity contribution in [3.05, 3.63) is 47.1 Å². The summed E-state index contributed by atoms with van der Waals surface area (Å²) in [6, 6.07) is 12.4. The van der Waals surface area contributed by atoms with E-state index in [4.69, 9.17) is 17.3 Å². The van der Waals surface area contributed by atoms with Crippen molar-refractivity contribution in [2.75, 3.05) is 17.6 Å². The highest BCUT2D eigenvalue weighted by Crippen LogP contribution is 2.41. The molecule has 0 unspecified atom stereocenters. The van der Waals surface area contributed by atoms with Crippen LogP contribution in [0.4, 0.5) is 11.8 Å². The number of hydrogen-bond donors (Lipinski definition) is 2. The van der Waals surface area contributed by atoms with Crippen LogP contribution in [-0.4, -0.2) is 16.5 Å². The van der Waals surface area contributed by atoms with E-state index in [2.05, 4.69) is 45.6 Å². The van der Waals surface area contributed by atoms with Gasteiger partial charge in [0.2, 0.25) is 5.95 Å². The zero-order valence-electron chi connectivity index (χ0n) is 11.8. The first kappa shape index (κ1) is 14.1. The van der Waals surface area contributed by atoms with Crippen LogP contribution in [0.5, 0.6) is 0 Å². The SMILES string of the molecule is Nc1nc(Cl)cc(NCC2(c3ccccc3)CCCC2)n1. The molecule has 1 fully saturated rings. The third-order valence-corrected chi connectivity index (χ3v) is 4.46. The van der Waals surface area contributed by atoms with Gasteiger partial charge in [0.15, 0.2) is 0 Å². The van der Waals surface area contributed by atoms with Crippen LogP contribution in [0.2, 0.25) is 5.15 Å². The Morgan fingerprint density at radius 2 is 1.86 bits per heavy atom. The summed E-state index contributed by atoms with van der Waals surface area (Å²) in [6.45, 7) is 0.837. The number of rotatable bonds is 4. The lowest BCUT2D eigenvalue weighted by molar-refractivity contribution is 0.466. The molecule has 0 amide bonds. The Hall–Kier alpha value is -1.81. The first-order valence-corrected chi connectivity index (χ1v) is 7.65. The van der Waals surface area contributed by atoms with Crippen molar-refractivity contribution in [2.24, 2.45) is 0 Å². The molecule has 1 heterocycles. The zero-order valence-corrected chi connectivity index (χ0v) is 12.6. The monoisotopic (exact) mass is 302 g/mol. The van der Waals surface area contributed by atoms with Gasteiger partial charge in [-0.05, 0) is 18.4 Å². The van der Waals surface area contributed by atoms with Crippen LogP contribution < -0.4 is 11.1 Å². The topological polar surface area (TPSA) is 63.8 Å². The fraction of sp³-hybridized carbons (Fsp3) is 0.375. The van der Waals surface area contributed by atoms with Gasteiger partial charge < -0.3 is 11.1 Å². The molecular weight excluding hydrogens is 284 g/mol. The summed E-state index contributed by atoms with van der Waals surface area (Å²) in [6.07, 6.45) is 4.92. The Labute approximate surface area is 129 Å². The number of benzene rings is 1. The normalized spacial score (nSPS) is 16.8. The molecule has 3 rings (SSSR count). The maximum Gasteiger partial charge on any atom is 0.223 e. The average molecular weight is 303 g/mol. The largest absolute Gasteiger partial charge is 0.369 e. The van der Waals surface area contributed by atoms with Crippen LogP contribution in [0.25, 0.3) is 0 Å². The lowest BCUT2D eigenvalue weighted by atomic mass is 9.79. The number of aromatic nitrogens is 2. The second-order valence-corrected chi connectivity index (χ2v) is 6.03. The van der Waals surface area contributed by atoms with E-state index in [1.165, 1.54) is 31.2 Å². The fourth-order valence-electron chi connectivity index (χ4n) is 3.20. The predicted octanol–water partition coefficient (Wildman–Crippen LogP) is 3.64. The second kappa shape index (κ2) is 5.90. The van der Waals surface area contributed by atoms with E-state index in [0.717, 1.165) is 6.54 Å². The van der Waals surface area contributed by atoms with Crippen LogP contribution in [0, 0.1) is 0 Å². The summed E-state index contributed by atoms with van der Waals surface area (Å²) in [5.41, 5.74) is 7.21. The Morgan fingerprint density at radius 1 is 1.14 bits per heavy atom. The highest BCUT2D eigenvalue weighted by Gasteiger charge is 2.35. The minimum Gasteiger partial charge on any atom is -0.369 e. The molecule has 1 aromatic carbocycles. The maximum absolute atomic E-state index is 5.93. The van der Waals surface area contributed by atoms with Crippen LogP contribution >= 0.6 is 11.6 Å². The minimum absolute atomic E-state index is 0.174. The molecule has 0 aliphatic heterocycles. The second-order valence-electron chi connectivity index (χ2n) is 5.64. The Balaban J connectivity index is 1.80. The molecule has 2 aromatic rings. The quantitative estimate of drug-likeness (QED) is 0.846. The lowest BCUT2D eigenvalue weighted by Crippen LogP contribution is -2.31. The highest BCUT2D eigenvalue weighted by atomic mass is 35.5. The first-order valence-electron chi connectivity index (χ1n) is 7.27. The van der Waals surface area contributed by atoms with Gasteiger partial charge in [-0.3, -0.25) is 0 Å². The van der Waals surface area contributed by atoms with Crippen molar-refractivity contribution >= 4 is 23.4 Å². The summed E-state index contributed by atoms with van der Waals surface area (Å²) in [7, 11) is 0. The number of nitrogens with one attached hydrogen (secondary N) is 1. The molecular formula is C16H19ClN4. The summed E-state index contributed by atoms with van der Waals surface area (Å²) in [5, 5.41) is 3.76. The first-order chi connectivity index (χ1) is 10.2. The average Bonchev–Trinajstić information content (AvgIpc) is 2.95. The van der Waals surface area contributed by atoms with Gasteiger partial charge >= 0.3 is 0 Å². The van der Waals surface area contributed by atoms with Gasteiger partial charge in [-0.1, -0.05) is 54.8 Å². The molecule has 1 aliphatic carbocycles. The molecule has 0 saturated heterocycles. The Bertz CT molecular complexity index is 589. The van der Waals surface area contributed by atoms with Crippen LogP contribution in [0.15, 0.2) is 36.4 Å². The van der Waals surface area contributed by atoms with E-state index >= 15 is 0 Å². The molecule has 110 valence electrons. The fourth-order valence-corrected chi connectivity index (χ4v) is 3.39.